The molecule has 0 saturated carbocycles. The van der Waals surface area contributed by atoms with Crippen LogP contribution in [0.1, 0.15) is 10.5 Å². The molecule has 0 aliphatic carbocycles. The number of nitrogens with zero attached hydrogens (tertiary/aromatic N) is 2. The summed E-state index contributed by atoms with van der Waals surface area (Å²) in [4.78, 5) is 36.5. The third-order valence-electron chi connectivity index (χ3n) is 4.72. The Morgan fingerprint density at radius 2 is 1.94 bits per heavy atom. The number of anilines is 1. The topological polar surface area (TPSA) is 101 Å². The summed E-state index contributed by atoms with van der Waals surface area (Å²) in [6, 6.07) is 13.4. The SMILES string of the molecule is O=C(Nc1ccc(Cl)c(-c2nc3c(oc4ccc(Br)cc43)c(=O)[nH]2)c1)c1ccc(Cl)cn1. The van der Waals surface area contributed by atoms with Gasteiger partial charge in [-0.05, 0) is 48.5 Å². The number of fused-ring (bicyclic) bond motifs is 3. The third kappa shape index (κ3) is 3.77. The van der Waals surface area contributed by atoms with E-state index in [9.17, 15) is 9.59 Å². The molecule has 0 fully saturated rings. The highest BCUT2D eigenvalue weighted by Crippen LogP contribution is 2.32. The van der Waals surface area contributed by atoms with Gasteiger partial charge < -0.3 is 14.7 Å². The maximum atomic E-state index is 12.7. The maximum Gasteiger partial charge on any atom is 0.294 e. The van der Waals surface area contributed by atoms with Gasteiger partial charge in [0, 0.05) is 27.3 Å². The molecule has 0 atom stereocenters. The van der Waals surface area contributed by atoms with Crippen molar-refractivity contribution >= 4 is 72.8 Å². The van der Waals surface area contributed by atoms with Crippen molar-refractivity contribution in [2.75, 3.05) is 5.32 Å². The van der Waals surface area contributed by atoms with E-state index in [2.05, 4.69) is 36.2 Å². The summed E-state index contributed by atoms with van der Waals surface area (Å²) in [5.41, 5.74) is 1.74. The fourth-order valence-electron chi connectivity index (χ4n) is 3.24. The number of hydrogen-bond donors (Lipinski definition) is 2. The molecule has 3 aromatic heterocycles. The average molecular weight is 530 g/mol. The number of rotatable bonds is 3. The van der Waals surface area contributed by atoms with E-state index in [-0.39, 0.29) is 17.1 Å². The number of H-pyrrole nitrogens is 1. The molecule has 5 rings (SSSR count). The molecule has 0 aliphatic rings. The van der Waals surface area contributed by atoms with Crippen molar-refractivity contribution < 1.29 is 9.21 Å². The molecule has 3 heterocycles. The molecular weight excluding hydrogens is 519 g/mol. The van der Waals surface area contributed by atoms with Crippen molar-refractivity contribution in [1.82, 2.24) is 15.0 Å². The number of aromatic nitrogens is 3. The average Bonchev–Trinajstić information content (AvgIpc) is 3.14. The highest BCUT2D eigenvalue weighted by molar-refractivity contribution is 9.10. The van der Waals surface area contributed by atoms with Crippen LogP contribution < -0.4 is 10.9 Å². The minimum atomic E-state index is -0.437. The number of carbonyl (C=O) groups excluding carboxylic acids is 1. The van der Waals surface area contributed by atoms with E-state index in [4.69, 9.17) is 27.6 Å². The monoisotopic (exact) mass is 528 g/mol. The van der Waals surface area contributed by atoms with E-state index >= 15 is 0 Å². The van der Waals surface area contributed by atoms with Gasteiger partial charge in [-0.15, -0.1) is 0 Å². The first-order chi connectivity index (χ1) is 15.4. The molecule has 10 heteroatoms. The number of hydrogen-bond acceptors (Lipinski definition) is 5. The number of furan rings is 1. The minimum Gasteiger partial charge on any atom is -0.449 e. The zero-order valence-corrected chi connectivity index (χ0v) is 19.0. The van der Waals surface area contributed by atoms with Gasteiger partial charge >= 0.3 is 0 Å². The molecular formula is C22H11BrCl2N4O3. The number of benzene rings is 2. The van der Waals surface area contributed by atoms with Gasteiger partial charge in [0.2, 0.25) is 5.58 Å². The normalized spacial score (nSPS) is 11.2. The predicted molar refractivity (Wildman–Crippen MR) is 127 cm³/mol. The Morgan fingerprint density at radius 3 is 2.72 bits per heavy atom. The first-order valence-corrected chi connectivity index (χ1v) is 10.8. The molecule has 5 aromatic rings. The number of aromatic amines is 1. The van der Waals surface area contributed by atoms with Crippen LogP contribution in [0.15, 0.2) is 68.4 Å². The van der Waals surface area contributed by atoms with Gasteiger partial charge in [-0.3, -0.25) is 9.59 Å². The molecule has 1 amide bonds. The molecule has 0 radical (unpaired) electrons. The molecule has 0 aliphatic heterocycles. The molecule has 32 heavy (non-hydrogen) atoms. The zero-order valence-electron chi connectivity index (χ0n) is 15.9. The maximum absolute atomic E-state index is 12.7. The van der Waals surface area contributed by atoms with Gasteiger partial charge in [0.05, 0.1) is 10.0 Å². The zero-order chi connectivity index (χ0) is 22.4. The number of carbonyl (C=O) groups is 1. The van der Waals surface area contributed by atoms with E-state index in [0.29, 0.717) is 37.8 Å². The fourth-order valence-corrected chi connectivity index (χ4v) is 3.92. The molecule has 2 N–H and O–H groups in total. The first kappa shape index (κ1) is 20.7. The standard InChI is InChI=1S/C22H11BrCl2N4O3/c23-10-1-6-17-14(7-10)18-19(32-17)22(31)29-20(28-18)13-8-12(3-4-15(13)25)27-21(30)16-5-2-11(24)9-26-16/h1-9H,(H,27,30)(H,28,29,31). The molecule has 0 unspecified atom stereocenters. The van der Waals surface area contributed by atoms with Crippen LogP contribution in [0.5, 0.6) is 0 Å². The van der Waals surface area contributed by atoms with E-state index in [1.165, 1.54) is 12.3 Å². The van der Waals surface area contributed by atoms with Crippen molar-refractivity contribution in [3.63, 3.8) is 0 Å². The van der Waals surface area contributed by atoms with E-state index in [0.717, 1.165) is 4.47 Å². The molecule has 7 nitrogen and oxygen atoms in total. The molecule has 0 bridgehead atoms. The number of amides is 1. The number of pyridine rings is 1. The lowest BCUT2D eigenvalue weighted by Crippen LogP contribution is -2.13. The Balaban J connectivity index is 1.58. The van der Waals surface area contributed by atoms with Gasteiger partial charge in [-0.2, -0.15) is 0 Å². The minimum absolute atomic E-state index is 0.122. The summed E-state index contributed by atoms with van der Waals surface area (Å²) in [7, 11) is 0. The second-order valence-corrected chi connectivity index (χ2v) is 8.60. The van der Waals surface area contributed by atoms with Crippen LogP contribution in [0, 0.1) is 0 Å². The van der Waals surface area contributed by atoms with E-state index < -0.39 is 11.5 Å². The molecule has 0 spiro atoms. The number of nitrogens with one attached hydrogen (secondary N) is 2. The van der Waals surface area contributed by atoms with Crippen LogP contribution in [-0.2, 0) is 0 Å². The van der Waals surface area contributed by atoms with E-state index in [1.807, 2.05) is 12.1 Å². The Kier molecular flexibility index (Phi) is 5.21. The van der Waals surface area contributed by atoms with Gasteiger partial charge in [0.1, 0.15) is 22.6 Å². The van der Waals surface area contributed by atoms with Crippen LogP contribution in [0.3, 0.4) is 0 Å². The Morgan fingerprint density at radius 1 is 1.09 bits per heavy atom. The lowest BCUT2D eigenvalue weighted by molar-refractivity contribution is 0.102. The smallest absolute Gasteiger partial charge is 0.294 e. The van der Waals surface area contributed by atoms with Gasteiger partial charge in [0.15, 0.2) is 0 Å². The van der Waals surface area contributed by atoms with Crippen LogP contribution in [0.25, 0.3) is 33.5 Å². The second-order valence-electron chi connectivity index (χ2n) is 6.85. The largest absolute Gasteiger partial charge is 0.449 e. The van der Waals surface area contributed by atoms with Crippen LogP contribution in [0.4, 0.5) is 5.69 Å². The van der Waals surface area contributed by atoms with Gasteiger partial charge in [0.25, 0.3) is 11.5 Å². The summed E-state index contributed by atoms with van der Waals surface area (Å²) >= 11 is 15.6. The van der Waals surface area contributed by atoms with Crippen molar-refractivity contribution in [2.24, 2.45) is 0 Å². The third-order valence-corrected chi connectivity index (χ3v) is 5.77. The Bertz CT molecular complexity index is 1580. The van der Waals surface area contributed by atoms with Crippen LogP contribution >= 0.6 is 39.1 Å². The van der Waals surface area contributed by atoms with Crippen molar-refractivity contribution in [3.8, 4) is 11.4 Å². The number of halogens is 3. The Labute approximate surface area is 198 Å². The summed E-state index contributed by atoms with van der Waals surface area (Å²) in [5, 5.41) is 4.22. The molecule has 0 saturated heterocycles. The predicted octanol–water partition coefficient (Wildman–Crippen LogP) is 6.05. The fraction of sp³-hybridized carbons (Fsp3) is 0. The van der Waals surface area contributed by atoms with Gasteiger partial charge in [-0.25, -0.2) is 9.97 Å². The lowest BCUT2D eigenvalue weighted by atomic mass is 10.1. The molecule has 2 aromatic carbocycles. The lowest BCUT2D eigenvalue weighted by Gasteiger charge is -2.09. The highest BCUT2D eigenvalue weighted by Gasteiger charge is 2.17. The highest BCUT2D eigenvalue weighted by atomic mass is 79.9. The summed E-state index contributed by atoms with van der Waals surface area (Å²) in [6.45, 7) is 0. The van der Waals surface area contributed by atoms with Crippen molar-refractivity contribution in [1.29, 1.82) is 0 Å². The second kappa shape index (κ2) is 8.05. The summed E-state index contributed by atoms with van der Waals surface area (Å²) in [5.74, 6) is -0.173. The van der Waals surface area contributed by atoms with Gasteiger partial charge in [-0.1, -0.05) is 39.1 Å². The van der Waals surface area contributed by atoms with Crippen LogP contribution in [0.2, 0.25) is 10.0 Å². The quantitative estimate of drug-likeness (QED) is 0.296. The summed E-state index contributed by atoms with van der Waals surface area (Å²) < 4.78 is 6.49. The van der Waals surface area contributed by atoms with E-state index in [1.54, 1.807) is 30.3 Å². The van der Waals surface area contributed by atoms with Crippen molar-refractivity contribution in [3.05, 3.63) is 85.3 Å². The van der Waals surface area contributed by atoms with Crippen LogP contribution in [-0.4, -0.2) is 20.9 Å². The Hall–Kier alpha value is -3.20. The van der Waals surface area contributed by atoms with Crippen molar-refractivity contribution in [2.45, 2.75) is 0 Å². The molecule has 158 valence electrons. The first-order valence-electron chi connectivity index (χ1n) is 9.24. The summed E-state index contributed by atoms with van der Waals surface area (Å²) in [6.07, 6.45) is 1.39.